The standard InChI is InChI=1S/C40H26.C36H22S.C30H18S/c1-2-9-28-22-31(17-16-27(28)8-1)33-21-20-32-23-30(18-19-34(32)24-33)29-11-7-12-35(25-29)40-26-36-10-3-4-13-37(36)38-14-5-6-15-39(38)40;1-2-13-29-27(11-1)28-12-3-4-14-30(28)34-22-24(19-20-31(29)34)23-9-7-10-25(21-23)26-16-8-17-33-32-15-5-6-18-35(32)37-36(26)33;1-2-10-23-21(8-1)22-9-3-4-11-24(22)28-18-19(16-17-25(23)28)20-13-7-14-27-26-12-5-6-15-29(26)31-30(20)27/h1-26H;1-22H;1-18H. The molecule has 2 heterocycles. The van der Waals surface area contributed by atoms with Crippen molar-refractivity contribution < 1.29 is 0 Å². The Balaban J connectivity index is 0.000000104. The van der Waals surface area contributed by atoms with Crippen molar-refractivity contribution in [3.05, 3.63) is 400 Å². The highest BCUT2D eigenvalue weighted by molar-refractivity contribution is 7.26. The van der Waals surface area contributed by atoms with Crippen LogP contribution >= 0.6 is 22.7 Å². The predicted molar refractivity (Wildman–Crippen MR) is 473 cm³/mol. The van der Waals surface area contributed by atoms with E-state index >= 15 is 0 Å². The second-order valence-electron chi connectivity index (χ2n) is 28.5. The Kier molecular flexibility index (Phi) is 15.4. The largest absolute Gasteiger partial charge is 0.135 e. The van der Waals surface area contributed by atoms with Gasteiger partial charge in [-0.15, -0.1) is 22.7 Å². The topological polar surface area (TPSA) is 0 Å². The minimum absolute atomic E-state index is 1.23. The average molecular weight is 1400 g/mol. The molecular formula is C106H66S2. The van der Waals surface area contributed by atoms with Crippen LogP contribution in [-0.4, -0.2) is 0 Å². The predicted octanol–water partition coefficient (Wildman–Crippen LogP) is 31.3. The van der Waals surface area contributed by atoms with Crippen LogP contribution in [0, 0.1) is 0 Å². The van der Waals surface area contributed by atoms with Crippen molar-refractivity contribution in [2.75, 3.05) is 0 Å². The molecule has 0 aliphatic heterocycles. The molecule has 0 saturated heterocycles. The molecule has 0 spiro atoms. The van der Waals surface area contributed by atoms with E-state index in [1.54, 1.807) is 0 Å². The number of thiophene rings is 2. The fourth-order valence-corrected chi connectivity index (χ4v) is 19.6. The fourth-order valence-electron chi connectivity index (χ4n) is 17.1. The molecule has 0 unspecified atom stereocenters. The summed E-state index contributed by atoms with van der Waals surface area (Å²) in [6, 6.07) is 147. The van der Waals surface area contributed by atoms with Crippen LogP contribution in [0.15, 0.2) is 400 Å². The minimum Gasteiger partial charge on any atom is -0.135 e. The number of hydrogen-bond donors (Lipinski definition) is 0. The van der Waals surface area contributed by atoms with Crippen LogP contribution in [0.1, 0.15) is 0 Å². The van der Waals surface area contributed by atoms with Crippen molar-refractivity contribution in [3.8, 4) is 66.8 Å². The van der Waals surface area contributed by atoms with Gasteiger partial charge >= 0.3 is 0 Å². The molecule has 0 bridgehead atoms. The Morgan fingerprint density at radius 3 is 0.880 bits per heavy atom. The minimum atomic E-state index is 1.23. The quantitative estimate of drug-likeness (QED) is 0.146. The molecule has 0 fully saturated rings. The molecule has 23 rings (SSSR count). The van der Waals surface area contributed by atoms with E-state index in [-0.39, 0.29) is 0 Å². The lowest BCUT2D eigenvalue weighted by Gasteiger charge is -2.13. The van der Waals surface area contributed by atoms with Gasteiger partial charge in [0.2, 0.25) is 0 Å². The number of benzene rings is 21. The van der Waals surface area contributed by atoms with Gasteiger partial charge < -0.3 is 0 Å². The van der Waals surface area contributed by atoms with Crippen LogP contribution < -0.4 is 0 Å². The first kappa shape index (κ1) is 63.2. The normalized spacial score (nSPS) is 11.7. The summed E-state index contributed by atoms with van der Waals surface area (Å²) in [5.74, 6) is 0. The maximum absolute atomic E-state index is 2.39. The Hall–Kier alpha value is -13.3. The van der Waals surface area contributed by atoms with E-state index in [1.807, 2.05) is 22.7 Å². The van der Waals surface area contributed by atoms with E-state index in [2.05, 4.69) is 400 Å². The number of hydrogen-bond acceptors (Lipinski definition) is 2. The van der Waals surface area contributed by atoms with E-state index in [9.17, 15) is 0 Å². The highest BCUT2D eigenvalue weighted by Crippen LogP contribution is 2.46. The summed E-state index contributed by atoms with van der Waals surface area (Å²) in [6.45, 7) is 0. The first-order valence-electron chi connectivity index (χ1n) is 37.2. The Morgan fingerprint density at radius 2 is 0.398 bits per heavy atom. The van der Waals surface area contributed by atoms with E-state index in [1.165, 1.54) is 215 Å². The van der Waals surface area contributed by atoms with E-state index in [0.717, 1.165) is 0 Å². The summed E-state index contributed by atoms with van der Waals surface area (Å²) in [5.41, 5.74) is 15.1. The fraction of sp³-hybridized carbons (Fsp3) is 0. The zero-order valence-electron chi connectivity index (χ0n) is 58.9. The third-order valence-electron chi connectivity index (χ3n) is 22.3. The first-order valence-corrected chi connectivity index (χ1v) is 38.8. The zero-order chi connectivity index (χ0) is 71.2. The van der Waals surface area contributed by atoms with Gasteiger partial charge in [0.25, 0.3) is 0 Å². The summed E-state index contributed by atoms with van der Waals surface area (Å²) in [6.07, 6.45) is 0. The van der Waals surface area contributed by atoms with Crippen LogP contribution in [0.25, 0.3) is 215 Å². The lowest BCUT2D eigenvalue weighted by molar-refractivity contribution is 1.62. The summed E-state index contributed by atoms with van der Waals surface area (Å²) < 4.78 is 5.42. The summed E-state index contributed by atoms with van der Waals surface area (Å²) in [5, 5.41) is 31.4. The first-order chi connectivity index (χ1) is 53.5. The molecular weight excluding hydrogens is 1340 g/mol. The maximum atomic E-state index is 2.39. The van der Waals surface area contributed by atoms with E-state index in [0.29, 0.717) is 0 Å². The highest BCUT2D eigenvalue weighted by Gasteiger charge is 2.18. The third-order valence-corrected chi connectivity index (χ3v) is 24.8. The average Bonchev–Trinajstić information content (AvgIpc) is 1.11. The van der Waals surface area contributed by atoms with Crippen LogP contribution in [0.3, 0.4) is 0 Å². The van der Waals surface area contributed by atoms with Gasteiger partial charge in [-0.25, -0.2) is 0 Å². The summed E-state index contributed by atoms with van der Waals surface area (Å²) >= 11 is 3.78. The zero-order valence-corrected chi connectivity index (χ0v) is 60.6. The van der Waals surface area contributed by atoms with E-state index in [4.69, 9.17) is 0 Å². The molecule has 2 aromatic heterocycles. The van der Waals surface area contributed by atoms with Crippen LogP contribution in [0.4, 0.5) is 0 Å². The monoisotopic (exact) mass is 1400 g/mol. The van der Waals surface area contributed by atoms with Gasteiger partial charge in [0.05, 0.1) is 0 Å². The molecule has 108 heavy (non-hydrogen) atoms. The third kappa shape index (κ3) is 10.9. The Bertz CT molecular complexity index is 7500. The van der Waals surface area contributed by atoms with Crippen LogP contribution in [0.5, 0.6) is 0 Å². The van der Waals surface area contributed by atoms with Crippen molar-refractivity contribution in [1.29, 1.82) is 0 Å². The van der Waals surface area contributed by atoms with Gasteiger partial charge in [-0.05, 0) is 235 Å². The molecule has 0 nitrogen and oxygen atoms in total. The van der Waals surface area contributed by atoms with Gasteiger partial charge in [-0.2, -0.15) is 0 Å². The van der Waals surface area contributed by atoms with Gasteiger partial charge in [-0.3, -0.25) is 0 Å². The second-order valence-corrected chi connectivity index (χ2v) is 30.6. The number of fused-ring (bicyclic) bond motifs is 23. The van der Waals surface area contributed by atoms with E-state index < -0.39 is 0 Å². The van der Waals surface area contributed by atoms with Crippen molar-refractivity contribution in [3.63, 3.8) is 0 Å². The SMILES string of the molecule is c1cc(-c2ccc3c4ccccc4c4ccccc4c3c2)cc(-c2cccc3c2sc2ccccc23)c1.c1cc(-c2ccc3cc(-c4ccc5ccccc5c4)ccc3c2)cc(-c2cc3ccccc3c3ccccc23)c1.c1ccc2c(c1)sc1c(-c3ccc4c5ccccc5c5ccccc5c4c3)cccc12. The molecule has 0 radical (unpaired) electrons. The Morgan fingerprint density at radius 1 is 0.120 bits per heavy atom. The Labute approximate surface area is 633 Å². The van der Waals surface area contributed by atoms with Gasteiger partial charge in [0, 0.05) is 40.3 Å². The van der Waals surface area contributed by atoms with Gasteiger partial charge in [-0.1, -0.05) is 340 Å². The van der Waals surface area contributed by atoms with Crippen molar-refractivity contribution in [2.45, 2.75) is 0 Å². The lowest BCUT2D eigenvalue weighted by atomic mass is 9.91. The van der Waals surface area contributed by atoms with Crippen molar-refractivity contribution >= 4 is 171 Å². The smallest absolute Gasteiger partial charge is 0.0433 e. The van der Waals surface area contributed by atoms with Crippen LogP contribution in [0.2, 0.25) is 0 Å². The maximum Gasteiger partial charge on any atom is 0.0433 e. The highest BCUT2D eigenvalue weighted by atomic mass is 32.1. The van der Waals surface area contributed by atoms with Gasteiger partial charge in [0.1, 0.15) is 0 Å². The molecule has 2 heteroatoms. The second kappa shape index (κ2) is 26.4. The molecule has 23 aromatic rings. The van der Waals surface area contributed by atoms with Crippen LogP contribution in [-0.2, 0) is 0 Å². The molecule has 0 aliphatic rings. The summed E-state index contributed by atoms with van der Waals surface area (Å²) in [4.78, 5) is 0. The van der Waals surface area contributed by atoms with Gasteiger partial charge in [0.15, 0.2) is 0 Å². The molecule has 0 saturated carbocycles. The van der Waals surface area contributed by atoms with Crippen molar-refractivity contribution in [2.24, 2.45) is 0 Å². The molecule has 21 aromatic carbocycles. The lowest BCUT2D eigenvalue weighted by Crippen LogP contribution is -1.86. The molecule has 0 atom stereocenters. The van der Waals surface area contributed by atoms with Crippen molar-refractivity contribution in [1.82, 2.24) is 0 Å². The molecule has 0 aliphatic carbocycles. The number of rotatable bonds is 6. The molecule has 502 valence electrons. The molecule has 0 amide bonds. The molecule has 0 N–H and O–H groups in total. The summed E-state index contributed by atoms with van der Waals surface area (Å²) in [7, 11) is 0.